The summed E-state index contributed by atoms with van der Waals surface area (Å²) in [6.45, 7) is 11.0. The van der Waals surface area contributed by atoms with Crippen LogP contribution in [-0.2, 0) is 4.74 Å². The Morgan fingerprint density at radius 1 is 1.23 bits per heavy atom. The van der Waals surface area contributed by atoms with Gasteiger partial charge in [-0.1, -0.05) is 17.7 Å². The van der Waals surface area contributed by atoms with Crippen molar-refractivity contribution in [3.63, 3.8) is 0 Å². The standard InChI is InChI=1S/C17H27ClN2O2/c1-13(2)22-12-16(21)11-19-6-8-20(9-7-19)17-10-15(18)5-4-14(17)3/h4-5,10,13,16,21H,6-9,11-12H2,1-3H3/t16-/m1/s1. The van der Waals surface area contributed by atoms with Gasteiger partial charge < -0.3 is 14.7 Å². The van der Waals surface area contributed by atoms with Gasteiger partial charge in [-0.05, 0) is 38.5 Å². The minimum atomic E-state index is -0.415. The molecule has 0 aromatic heterocycles. The van der Waals surface area contributed by atoms with Crippen molar-refractivity contribution < 1.29 is 9.84 Å². The predicted octanol–water partition coefficient (Wildman–Crippen LogP) is 2.56. The number of β-amino-alcohol motifs (C(OH)–C–C–N with tert-alkyl or cyclic N) is 1. The van der Waals surface area contributed by atoms with E-state index in [1.54, 1.807) is 0 Å². The van der Waals surface area contributed by atoms with Crippen LogP contribution >= 0.6 is 11.6 Å². The highest BCUT2D eigenvalue weighted by Gasteiger charge is 2.20. The second kappa shape index (κ2) is 8.16. The van der Waals surface area contributed by atoms with Gasteiger partial charge in [0.1, 0.15) is 0 Å². The molecule has 1 atom stereocenters. The van der Waals surface area contributed by atoms with Crippen LogP contribution in [0.3, 0.4) is 0 Å². The number of anilines is 1. The van der Waals surface area contributed by atoms with Crippen molar-refractivity contribution in [3.05, 3.63) is 28.8 Å². The minimum Gasteiger partial charge on any atom is -0.389 e. The average Bonchev–Trinajstić information content (AvgIpc) is 2.48. The molecule has 0 saturated carbocycles. The quantitative estimate of drug-likeness (QED) is 0.871. The molecule has 124 valence electrons. The van der Waals surface area contributed by atoms with Gasteiger partial charge in [-0.15, -0.1) is 0 Å². The fourth-order valence-corrected chi connectivity index (χ4v) is 2.92. The Bertz CT molecular complexity index is 474. The molecule has 0 radical (unpaired) electrons. The highest BCUT2D eigenvalue weighted by Crippen LogP contribution is 2.25. The summed E-state index contributed by atoms with van der Waals surface area (Å²) < 4.78 is 5.46. The molecule has 1 aliphatic rings. The van der Waals surface area contributed by atoms with Crippen molar-refractivity contribution in [2.75, 3.05) is 44.2 Å². The van der Waals surface area contributed by atoms with Crippen LogP contribution in [0.5, 0.6) is 0 Å². The Morgan fingerprint density at radius 3 is 2.55 bits per heavy atom. The summed E-state index contributed by atoms with van der Waals surface area (Å²) in [5.41, 5.74) is 2.47. The number of benzene rings is 1. The lowest BCUT2D eigenvalue weighted by Gasteiger charge is -2.37. The van der Waals surface area contributed by atoms with Crippen LogP contribution in [0.4, 0.5) is 5.69 Å². The number of rotatable bonds is 6. The van der Waals surface area contributed by atoms with Gasteiger partial charge in [0, 0.05) is 43.4 Å². The van der Waals surface area contributed by atoms with Gasteiger partial charge in [0.05, 0.1) is 18.8 Å². The van der Waals surface area contributed by atoms with E-state index in [0.717, 1.165) is 31.2 Å². The Balaban J connectivity index is 1.81. The number of piperazine rings is 1. The average molecular weight is 327 g/mol. The number of aliphatic hydroxyl groups is 1. The van der Waals surface area contributed by atoms with Crippen LogP contribution in [0.15, 0.2) is 18.2 Å². The highest BCUT2D eigenvalue weighted by atomic mass is 35.5. The molecule has 0 spiro atoms. The topological polar surface area (TPSA) is 35.9 Å². The molecule has 1 N–H and O–H groups in total. The van der Waals surface area contributed by atoms with Gasteiger partial charge >= 0.3 is 0 Å². The molecule has 5 heteroatoms. The summed E-state index contributed by atoms with van der Waals surface area (Å²) in [4.78, 5) is 4.67. The van der Waals surface area contributed by atoms with Crippen LogP contribution in [-0.4, -0.2) is 61.5 Å². The fourth-order valence-electron chi connectivity index (χ4n) is 2.75. The van der Waals surface area contributed by atoms with Gasteiger partial charge in [0.15, 0.2) is 0 Å². The maximum Gasteiger partial charge on any atom is 0.0900 e. The van der Waals surface area contributed by atoms with Crippen molar-refractivity contribution >= 4 is 17.3 Å². The minimum absolute atomic E-state index is 0.164. The van der Waals surface area contributed by atoms with Crippen molar-refractivity contribution in [2.45, 2.75) is 33.0 Å². The molecule has 2 rings (SSSR count). The van der Waals surface area contributed by atoms with Gasteiger partial charge in [-0.25, -0.2) is 0 Å². The smallest absolute Gasteiger partial charge is 0.0900 e. The second-order valence-corrected chi connectivity index (χ2v) is 6.69. The third-order valence-corrected chi connectivity index (χ3v) is 4.21. The molecule has 1 fully saturated rings. The monoisotopic (exact) mass is 326 g/mol. The van der Waals surface area contributed by atoms with E-state index < -0.39 is 6.10 Å². The summed E-state index contributed by atoms with van der Waals surface area (Å²) in [5, 5.41) is 10.8. The molecule has 4 nitrogen and oxygen atoms in total. The number of aliphatic hydroxyl groups excluding tert-OH is 1. The van der Waals surface area contributed by atoms with Crippen LogP contribution < -0.4 is 4.90 Å². The van der Waals surface area contributed by atoms with E-state index in [9.17, 15) is 5.11 Å². The van der Waals surface area contributed by atoms with E-state index in [4.69, 9.17) is 16.3 Å². The number of hydrogen-bond donors (Lipinski definition) is 1. The first-order valence-corrected chi connectivity index (χ1v) is 8.36. The second-order valence-electron chi connectivity index (χ2n) is 6.25. The molecule has 1 heterocycles. The molecule has 1 aliphatic heterocycles. The summed E-state index contributed by atoms with van der Waals surface area (Å²) in [5.74, 6) is 0. The van der Waals surface area contributed by atoms with Crippen LogP contribution in [0.1, 0.15) is 19.4 Å². The summed E-state index contributed by atoms with van der Waals surface area (Å²) in [6.07, 6.45) is -0.251. The third-order valence-electron chi connectivity index (χ3n) is 3.98. The number of aryl methyl sites for hydroxylation is 1. The molecule has 0 bridgehead atoms. The molecule has 1 aromatic carbocycles. The first-order valence-electron chi connectivity index (χ1n) is 7.99. The lowest BCUT2D eigenvalue weighted by atomic mass is 10.1. The fraction of sp³-hybridized carbons (Fsp3) is 0.647. The van der Waals surface area contributed by atoms with E-state index >= 15 is 0 Å². The van der Waals surface area contributed by atoms with E-state index in [1.165, 1.54) is 11.3 Å². The van der Waals surface area contributed by atoms with E-state index in [0.29, 0.717) is 13.2 Å². The van der Waals surface area contributed by atoms with Gasteiger partial charge in [-0.2, -0.15) is 0 Å². The van der Waals surface area contributed by atoms with E-state index in [2.05, 4.69) is 22.8 Å². The Labute approximate surface area is 138 Å². The lowest BCUT2D eigenvalue weighted by Crippen LogP contribution is -2.49. The van der Waals surface area contributed by atoms with Gasteiger partial charge in [-0.3, -0.25) is 4.90 Å². The zero-order valence-electron chi connectivity index (χ0n) is 13.8. The molecule has 1 aromatic rings. The number of hydrogen-bond acceptors (Lipinski definition) is 4. The van der Waals surface area contributed by atoms with Gasteiger partial charge in [0.2, 0.25) is 0 Å². The molecular weight excluding hydrogens is 300 g/mol. The van der Waals surface area contributed by atoms with Crippen LogP contribution in [0.25, 0.3) is 0 Å². The van der Waals surface area contributed by atoms with Gasteiger partial charge in [0.25, 0.3) is 0 Å². The van der Waals surface area contributed by atoms with Crippen molar-refractivity contribution in [1.29, 1.82) is 0 Å². The van der Waals surface area contributed by atoms with E-state index in [1.807, 2.05) is 26.0 Å². The Morgan fingerprint density at radius 2 is 1.91 bits per heavy atom. The molecular formula is C17H27ClN2O2. The number of ether oxygens (including phenoxy) is 1. The predicted molar refractivity (Wildman–Crippen MR) is 91.9 cm³/mol. The Hall–Kier alpha value is -0.810. The zero-order chi connectivity index (χ0) is 16.1. The molecule has 22 heavy (non-hydrogen) atoms. The molecule has 1 saturated heterocycles. The molecule has 0 amide bonds. The zero-order valence-corrected chi connectivity index (χ0v) is 14.5. The lowest BCUT2D eigenvalue weighted by molar-refractivity contribution is -0.00899. The largest absolute Gasteiger partial charge is 0.389 e. The SMILES string of the molecule is Cc1ccc(Cl)cc1N1CCN(C[C@@H](O)COC(C)C)CC1. The van der Waals surface area contributed by atoms with Crippen molar-refractivity contribution in [3.8, 4) is 0 Å². The highest BCUT2D eigenvalue weighted by molar-refractivity contribution is 6.30. The maximum absolute atomic E-state index is 10.0. The Kier molecular flexibility index (Phi) is 6.50. The van der Waals surface area contributed by atoms with Crippen molar-refractivity contribution in [2.24, 2.45) is 0 Å². The first kappa shape index (κ1) is 17.5. The van der Waals surface area contributed by atoms with Crippen molar-refractivity contribution in [1.82, 2.24) is 4.90 Å². The number of nitrogens with zero attached hydrogens (tertiary/aromatic N) is 2. The normalized spacial score (nSPS) is 18.0. The maximum atomic E-state index is 10.0. The molecule has 0 unspecified atom stereocenters. The van der Waals surface area contributed by atoms with E-state index in [-0.39, 0.29) is 6.10 Å². The number of halogens is 1. The first-order chi connectivity index (χ1) is 10.5. The van der Waals surface area contributed by atoms with Crippen LogP contribution in [0, 0.1) is 6.92 Å². The third kappa shape index (κ3) is 5.13. The summed E-state index contributed by atoms with van der Waals surface area (Å²) in [7, 11) is 0. The summed E-state index contributed by atoms with van der Waals surface area (Å²) in [6, 6.07) is 6.04. The molecule has 0 aliphatic carbocycles. The summed E-state index contributed by atoms with van der Waals surface area (Å²) >= 11 is 6.11. The van der Waals surface area contributed by atoms with Crippen LogP contribution in [0.2, 0.25) is 5.02 Å².